The molecule has 0 fully saturated rings. The fourth-order valence-electron chi connectivity index (χ4n) is 7.05. The number of benzene rings is 6. The van der Waals surface area contributed by atoms with E-state index in [1.807, 2.05) is 78.9 Å². The maximum Gasteiger partial charge on any atom is 0.266 e. The second kappa shape index (κ2) is 9.73. The normalized spacial score (nSPS) is 11.9. The number of hydrogen-bond acceptors (Lipinski definition) is 4. The Bertz CT molecular complexity index is 2930. The van der Waals surface area contributed by atoms with E-state index >= 15 is 0 Å². The fourth-order valence-corrected chi connectivity index (χ4v) is 7.05. The third kappa shape index (κ3) is 3.76. The minimum Gasteiger partial charge on any atom is -0.456 e. The SMILES string of the molecule is O=c1c2cnc(-n3c4ccccc4c4cc(-c5ccc6oc7ccccc7c6c5)ccc43)nc2c2ccccc2n1-c1ccccc1. The summed E-state index contributed by atoms with van der Waals surface area (Å²) < 4.78 is 9.92. The molecular weight excluding hydrogens is 580 g/mol. The zero-order valence-electron chi connectivity index (χ0n) is 25.0. The summed E-state index contributed by atoms with van der Waals surface area (Å²) in [7, 11) is 0. The summed E-state index contributed by atoms with van der Waals surface area (Å²) in [6.07, 6.45) is 1.67. The van der Waals surface area contributed by atoms with Gasteiger partial charge in [-0.25, -0.2) is 9.97 Å². The molecule has 4 aromatic heterocycles. The van der Waals surface area contributed by atoms with E-state index in [0.29, 0.717) is 16.9 Å². The zero-order valence-corrected chi connectivity index (χ0v) is 25.0. The Hall–Kier alpha value is -6.53. The van der Waals surface area contributed by atoms with Gasteiger partial charge in [-0.2, -0.15) is 0 Å². The van der Waals surface area contributed by atoms with E-state index in [-0.39, 0.29) is 5.56 Å². The van der Waals surface area contributed by atoms with Gasteiger partial charge < -0.3 is 4.42 Å². The van der Waals surface area contributed by atoms with Crippen molar-refractivity contribution >= 4 is 65.6 Å². The molecular formula is C41H24N4O2. The molecule has 0 radical (unpaired) electrons. The van der Waals surface area contributed by atoms with Crippen molar-refractivity contribution in [1.82, 2.24) is 19.1 Å². The second-order valence-electron chi connectivity index (χ2n) is 11.8. The highest BCUT2D eigenvalue weighted by Crippen LogP contribution is 2.37. The quantitative estimate of drug-likeness (QED) is 0.188. The molecule has 0 saturated heterocycles. The standard InChI is InChI=1S/C41H24N4O2/c46-40-33-24-42-41(43-39(33)30-14-5-8-16-35(30)44(40)27-10-2-1-3-11-27)45-34-15-7-4-12-28(34)31-22-25(18-20-36(31)45)26-19-21-38-32(23-26)29-13-6-9-17-37(29)47-38/h1-24H. The Morgan fingerprint density at radius 1 is 0.489 bits per heavy atom. The van der Waals surface area contributed by atoms with Gasteiger partial charge in [-0.05, 0) is 65.7 Å². The first-order chi connectivity index (χ1) is 23.2. The van der Waals surface area contributed by atoms with Crippen LogP contribution in [-0.4, -0.2) is 19.1 Å². The minimum absolute atomic E-state index is 0.148. The van der Waals surface area contributed by atoms with Crippen LogP contribution in [0.15, 0.2) is 155 Å². The topological polar surface area (TPSA) is 65.8 Å². The maximum absolute atomic E-state index is 13.9. The van der Waals surface area contributed by atoms with Crippen molar-refractivity contribution in [2.45, 2.75) is 0 Å². The highest BCUT2D eigenvalue weighted by molar-refractivity contribution is 6.11. The molecule has 0 aliphatic carbocycles. The van der Waals surface area contributed by atoms with E-state index in [4.69, 9.17) is 14.4 Å². The predicted octanol–water partition coefficient (Wildman–Crippen LogP) is 9.60. The van der Waals surface area contributed by atoms with Crippen molar-refractivity contribution < 1.29 is 4.42 Å². The van der Waals surface area contributed by atoms with Crippen LogP contribution in [-0.2, 0) is 0 Å². The van der Waals surface area contributed by atoms with Gasteiger partial charge in [0.05, 0.1) is 27.5 Å². The van der Waals surface area contributed by atoms with Crippen LogP contribution in [0.3, 0.4) is 0 Å². The van der Waals surface area contributed by atoms with Crippen LogP contribution in [0, 0.1) is 0 Å². The van der Waals surface area contributed by atoms with Crippen molar-refractivity contribution in [1.29, 1.82) is 0 Å². The molecule has 0 N–H and O–H groups in total. The number of furan rings is 1. The molecule has 0 atom stereocenters. The van der Waals surface area contributed by atoms with Gasteiger partial charge in [-0.3, -0.25) is 13.9 Å². The highest BCUT2D eigenvalue weighted by Gasteiger charge is 2.19. The van der Waals surface area contributed by atoms with E-state index in [9.17, 15) is 4.79 Å². The van der Waals surface area contributed by atoms with Gasteiger partial charge in [0.25, 0.3) is 5.56 Å². The van der Waals surface area contributed by atoms with Crippen LogP contribution in [0.2, 0.25) is 0 Å². The Kier molecular flexibility index (Phi) is 5.33. The molecule has 0 unspecified atom stereocenters. The lowest BCUT2D eigenvalue weighted by Crippen LogP contribution is -2.20. The maximum atomic E-state index is 13.9. The van der Waals surface area contributed by atoms with E-state index in [1.165, 1.54) is 0 Å². The van der Waals surface area contributed by atoms with Gasteiger partial charge in [0.15, 0.2) is 0 Å². The molecule has 6 heteroatoms. The molecule has 0 aliphatic rings. The highest BCUT2D eigenvalue weighted by atomic mass is 16.3. The van der Waals surface area contributed by atoms with Gasteiger partial charge in [-0.1, -0.05) is 84.9 Å². The van der Waals surface area contributed by atoms with Gasteiger partial charge >= 0.3 is 0 Å². The molecule has 47 heavy (non-hydrogen) atoms. The molecule has 4 heterocycles. The Labute approximate surface area is 267 Å². The number of pyridine rings is 1. The van der Waals surface area contributed by atoms with Crippen molar-refractivity contribution in [3.05, 3.63) is 156 Å². The lowest BCUT2D eigenvalue weighted by atomic mass is 10.0. The first-order valence-electron chi connectivity index (χ1n) is 15.5. The second-order valence-corrected chi connectivity index (χ2v) is 11.8. The van der Waals surface area contributed by atoms with Crippen molar-refractivity contribution in [2.24, 2.45) is 0 Å². The van der Waals surface area contributed by atoms with Crippen LogP contribution in [0.5, 0.6) is 0 Å². The van der Waals surface area contributed by atoms with Gasteiger partial charge in [0.2, 0.25) is 5.95 Å². The first-order valence-corrected chi connectivity index (χ1v) is 15.5. The zero-order chi connectivity index (χ0) is 31.1. The van der Waals surface area contributed by atoms with E-state index in [1.54, 1.807) is 10.8 Å². The molecule has 0 bridgehead atoms. The first kappa shape index (κ1) is 25.8. The van der Waals surface area contributed by atoms with E-state index in [2.05, 4.69) is 65.2 Å². The Morgan fingerprint density at radius 3 is 1.94 bits per heavy atom. The molecule has 220 valence electrons. The van der Waals surface area contributed by atoms with E-state index < -0.39 is 0 Å². The molecule has 0 saturated carbocycles. The largest absolute Gasteiger partial charge is 0.456 e. The molecule has 10 rings (SSSR count). The van der Waals surface area contributed by atoms with Crippen LogP contribution in [0.25, 0.3) is 88.3 Å². The van der Waals surface area contributed by atoms with Crippen LogP contribution >= 0.6 is 0 Å². The number of fused-ring (bicyclic) bond motifs is 9. The number of para-hydroxylation sites is 4. The smallest absolute Gasteiger partial charge is 0.266 e. The molecule has 6 aromatic carbocycles. The molecule has 6 nitrogen and oxygen atoms in total. The number of hydrogen-bond donors (Lipinski definition) is 0. The van der Waals surface area contributed by atoms with E-state index in [0.717, 1.165) is 71.5 Å². The summed E-state index contributed by atoms with van der Waals surface area (Å²) in [5, 5.41) is 5.78. The van der Waals surface area contributed by atoms with Crippen LogP contribution in [0.1, 0.15) is 0 Å². The van der Waals surface area contributed by atoms with Crippen LogP contribution in [0.4, 0.5) is 0 Å². The third-order valence-electron chi connectivity index (χ3n) is 9.21. The number of nitrogens with zero attached hydrogens (tertiary/aromatic N) is 4. The molecule has 0 aliphatic heterocycles. The summed E-state index contributed by atoms with van der Waals surface area (Å²) in [6, 6.07) is 47.0. The number of aromatic nitrogens is 4. The van der Waals surface area contributed by atoms with Crippen LogP contribution < -0.4 is 5.56 Å². The van der Waals surface area contributed by atoms with Gasteiger partial charge in [-0.15, -0.1) is 0 Å². The lowest BCUT2D eigenvalue weighted by Gasteiger charge is -2.14. The van der Waals surface area contributed by atoms with Gasteiger partial charge in [0.1, 0.15) is 11.2 Å². The molecule has 0 amide bonds. The number of rotatable bonds is 3. The summed E-state index contributed by atoms with van der Waals surface area (Å²) >= 11 is 0. The fraction of sp³-hybridized carbons (Fsp3) is 0. The van der Waals surface area contributed by atoms with Crippen molar-refractivity contribution in [2.75, 3.05) is 0 Å². The predicted molar refractivity (Wildman–Crippen MR) is 190 cm³/mol. The molecule has 10 aromatic rings. The Morgan fingerprint density at radius 2 is 1.11 bits per heavy atom. The molecule has 0 spiro atoms. The summed E-state index contributed by atoms with van der Waals surface area (Å²) in [5.41, 5.74) is 8.07. The average Bonchev–Trinajstić information content (AvgIpc) is 3.67. The van der Waals surface area contributed by atoms with Crippen molar-refractivity contribution in [3.8, 4) is 22.8 Å². The monoisotopic (exact) mass is 604 g/mol. The minimum atomic E-state index is -0.148. The summed E-state index contributed by atoms with van der Waals surface area (Å²) in [6.45, 7) is 0. The summed E-state index contributed by atoms with van der Waals surface area (Å²) in [4.78, 5) is 23.9. The average molecular weight is 605 g/mol. The third-order valence-corrected chi connectivity index (χ3v) is 9.21. The van der Waals surface area contributed by atoms with Crippen molar-refractivity contribution in [3.63, 3.8) is 0 Å². The Balaban J connectivity index is 1.19. The van der Waals surface area contributed by atoms with Gasteiger partial charge in [0, 0.05) is 38.8 Å². The summed E-state index contributed by atoms with van der Waals surface area (Å²) in [5.74, 6) is 0.518. The lowest BCUT2D eigenvalue weighted by molar-refractivity contribution is 0.669.